The second kappa shape index (κ2) is 6.76. The Kier molecular flexibility index (Phi) is 5.01. The van der Waals surface area contributed by atoms with E-state index in [1.807, 2.05) is 6.92 Å². The van der Waals surface area contributed by atoms with Crippen LogP contribution in [0, 0.1) is 17.5 Å². The summed E-state index contributed by atoms with van der Waals surface area (Å²) in [4.78, 5) is 0. The van der Waals surface area contributed by atoms with Crippen molar-refractivity contribution >= 4 is 0 Å². The highest BCUT2D eigenvalue weighted by atomic mass is 19.2. The van der Waals surface area contributed by atoms with E-state index < -0.39 is 17.5 Å². The molecule has 0 atom stereocenters. The van der Waals surface area contributed by atoms with E-state index in [1.54, 1.807) is 6.20 Å². The SMILES string of the molecule is CCCNCc1cnn(-c2cc(F)c(F)c(F)c2)c1CC. The van der Waals surface area contributed by atoms with Gasteiger partial charge in [0.05, 0.1) is 11.9 Å². The summed E-state index contributed by atoms with van der Waals surface area (Å²) in [5.41, 5.74) is 2.00. The molecule has 0 fully saturated rings. The van der Waals surface area contributed by atoms with Crippen molar-refractivity contribution in [1.29, 1.82) is 0 Å². The van der Waals surface area contributed by atoms with Crippen molar-refractivity contribution in [2.75, 3.05) is 6.54 Å². The molecule has 0 saturated heterocycles. The number of benzene rings is 1. The van der Waals surface area contributed by atoms with Crippen molar-refractivity contribution in [3.63, 3.8) is 0 Å². The molecule has 1 aromatic heterocycles. The number of hydrogen-bond acceptors (Lipinski definition) is 2. The summed E-state index contributed by atoms with van der Waals surface area (Å²) in [6, 6.07) is 1.90. The normalized spacial score (nSPS) is 11.1. The molecule has 0 unspecified atom stereocenters. The first-order valence-electron chi connectivity index (χ1n) is 6.99. The van der Waals surface area contributed by atoms with E-state index in [4.69, 9.17) is 0 Å². The molecule has 0 aliphatic carbocycles. The Hall–Kier alpha value is -1.82. The van der Waals surface area contributed by atoms with Crippen LogP contribution < -0.4 is 5.32 Å². The molecule has 21 heavy (non-hydrogen) atoms. The topological polar surface area (TPSA) is 29.9 Å². The fourth-order valence-electron chi connectivity index (χ4n) is 2.22. The standard InChI is InChI=1S/C15H18F3N3/c1-3-5-19-8-10-9-20-21(14(10)4-2)11-6-12(16)15(18)13(17)7-11/h6-7,9,19H,3-5,8H2,1-2H3. The highest BCUT2D eigenvalue weighted by Crippen LogP contribution is 2.20. The summed E-state index contributed by atoms with van der Waals surface area (Å²) in [5.74, 6) is -3.89. The second-order valence-electron chi connectivity index (χ2n) is 4.78. The van der Waals surface area contributed by atoms with E-state index in [0.29, 0.717) is 13.0 Å². The molecule has 2 aromatic rings. The molecule has 2 rings (SSSR count). The maximum Gasteiger partial charge on any atom is 0.194 e. The minimum Gasteiger partial charge on any atom is -0.313 e. The van der Waals surface area contributed by atoms with Gasteiger partial charge < -0.3 is 5.32 Å². The predicted molar refractivity (Wildman–Crippen MR) is 74.8 cm³/mol. The van der Waals surface area contributed by atoms with Gasteiger partial charge in [-0.15, -0.1) is 0 Å². The lowest BCUT2D eigenvalue weighted by Crippen LogP contribution is -2.15. The van der Waals surface area contributed by atoms with E-state index >= 15 is 0 Å². The minimum absolute atomic E-state index is 0.185. The van der Waals surface area contributed by atoms with Crippen LogP contribution in [0.5, 0.6) is 0 Å². The summed E-state index contributed by atoms with van der Waals surface area (Å²) in [5, 5.41) is 7.43. The molecule has 6 heteroatoms. The minimum atomic E-state index is -1.46. The highest BCUT2D eigenvalue weighted by molar-refractivity contribution is 5.36. The molecule has 1 N–H and O–H groups in total. The van der Waals surface area contributed by atoms with Gasteiger partial charge in [0.1, 0.15) is 0 Å². The Bertz CT molecular complexity index is 600. The first-order chi connectivity index (χ1) is 10.1. The fraction of sp³-hybridized carbons (Fsp3) is 0.400. The quantitative estimate of drug-likeness (QED) is 0.654. The summed E-state index contributed by atoms with van der Waals surface area (Å²) in [7, 11) is 0. The molecule has 0 saturated carbocycles. The Morgan fingerprint density at radius 3 is 2.38 bits per heavy atom. The van der Waals surface area contributed by atoms with Crippen molar-refractivity contribution in [3.05, 3.63) is 47.0 Å². The molecule has 0 aliphatic rings. The van der Waals surface area contributed by atoms with Gasteiger partial charge in [0.25, 0.3) is 0 Å². The Labute approximate surface area is 121 Å². The molecule has 3 nitrogen and oxygen atoms in total. The molecular formula is C15H18F3N3. The third kappa shape index (κ3) is 3.26. The van der Waals surface area contributed by atoms with Crippen LogP contribution in [0.15, 0.2) is 18.3 Å². The van der Waals surface area contributed by atoms with Crippen LogP contribution in [0.2, 0.25) is 0 Å². The summed E-state index contributed by atoms with van der Waals surface area (Å²) in [6.07, 6.45) is 3.34. The lowest BCUT2D eigenvalue weighted by atomic mass is 10.2. The van der Waals surface area contributed by atoms with Crippen LogP contribution in [0.25, 0.3) is 5.69 Å². The van der Waals surface area contributed by atoms with Gasteiger partial charge in [0.2, 0.25) is 0 Å². The molecular weight excluding hydrogens is 279 g/mol. The molecule has 0 bridgehead atoms. The molecule has 114 valence electrons. The Morgan fingerprint density at radius 2 is 1.81 bits per heavy atom. The van der Waals surface area contributed by atoms with Crippen molar-refractivity contribution in [2.24, 2.45) is 0 Å². The van der Waals surface area contributed by atoms with E-state index in [2.05, 4.69) is 17.3 Å². The van der Waals surface area contributed by atoms with Crippen LogP contribution >= 0.6 is 0 Å². The number of nitrogens with zero attached hydrogens (tertiary/aromatic N) is 2. The molecule has 1 aromatic carbocycles. The second-order valence-corrected chi connectivity index (χ2v) is 4.78. The van der Waals surface area contributed by atoms with Crippen LogP contribution in [-0.4, -0.2) is 16.3 Å². The first kappa shape index (κ1) is 15.6. The maximum atomic E-state index is 13.3. The third-order valence-electron chi connectivity index (χ3n) is 3.25. The monoisotopic (exact) mass is 297 g/mol. The maximum absolute atomic E-state index is 13.3. The lowest BCUT2D eigenvalue weighted by molar-refractivity contribution is 0.445. The number of hydrogen-bond donors (Lipinski definition) is 1. The van der Waals surface area contributed by atoms with Crippen LogP contribution in [0.1, 0.15) is 31.5 Å². The average molecular weight is 297 g/mol. The van der Waals surface area contributed by atoms with Crippen molar-refractivity contribution in [2.45, 2.75) is 33.2 Å². The van der Waals surface area contributed by atoms with Gasteiger partial charge in [-0.25, -0.2) is 17.9 Å². The smallest absolute Gasteiger partial charge is 0.194 e. The summed E-state index contributed by atoms with van der Waals surface area (Å²) >= 11 is 0. The molecule has 1 heterocycles. The van der Waals surface area contributed by atoms with Gasteiger partial charge in [-0.05, 0) is 19.4 Å². The number of nitrogens with one attached hydrogen (secondary N) is 1. The van der Waals surface area contributed by atoms with Gasteiger partial charge in [-0.3, -0.25) is 0 Å². The average Bonchev–Trinajstić information content (AvgIpc) is 2.87. The van der Waals surface area contributed by atoms with Gasteiger partial charge in [-0.2, -0.15) is 5.10 Å². The zero-order chi connectivity index (χ0) is 15.4. The largest absolute Gasteiger partial charge is 0.313 e. The summed E-state index contributed by atoms with van der Waals surface area (Å²) < 4.78 is 41.2. The van der Waals surface area contributed by atoms with E-state index in [0.717, 1.165) is 36.4 Å². The Morgan fingerprint density at radius 1 is 1.14 bits per heavy atom. The van der Waals surface area contributed by atoms with Gasteiger partial charge in [0.15, 0.2) is 17.5 Å². The van der Waals surface area contributed by atoms with E-state index in [9.17, 15) is 13.2 Å². The molecule has 0 amide bonds. The molecule has 0 radical (unpaired) electrons. The van der Waals surface area contributed by atoms with Crippen LogP contribution in [-0.2, 0) is 13.0 Å². The van der Waals surface area contributed by atoms with Crippen molar-refractivity contribution in [1.82, 2.24) is 15.1 Å². The number of rotatable bonds is 6. The number of aromatic nitrogens is 2. The van der Waals surface area contributed by atoms with E-state index in [-0.39, 0.29) is 5.69 Å². The van der Waals surface area contributed by atoms with Crippen molar-refractivity contribution < 1.29 is 13.2 Å². The van der Waals surface area contributed by atoms with Crippen LogP contribution in [0.4, 0.5) is 13.2 Å². The molecule has 0 aliphatic heterocycles. The number of halogens is 3. The van der Waals surface area contributed by atoms with Crippen LogP contribution in [0.3, 0.4) is 0 Å². The first-order valence-corrected chi connectivity index (χ1v) is 6.99. The lowest BCUT2D eigenvalue weighted by Gasteiger charge is -2.09. The fourth-order valence-corrected chi connectivity index (χ4v) is 2.22. The summed E-state index contributed by atoms with van der Waals surface area (Å²) in [6.45, 7) is 5.53. The zero-order valence-electron chi connectivity index (χ0n) is 12.1. The predicted octanol–water partition coefficient (Wildman–Crippen LogP) is 3.35. The van der Waals surface area contributed by atoms with Gasteiger partial charge >= 0.3 is 0 Å². The third-order valence-corrected chi connectivity index (χ3v) is 3.25. The Balaban J connectivity index is 2.36. The van der Waals surface area contributed by atoms with Crippen molar-refractivity contribution in [3.8, 4) is 5.69 Å². The molecule has 0 spiro atoms. The highest BCUT2D eigenvalue weighted by Gasteiger charge is 2.15. The van der Waals surface area contributed by atoms with E-state index in [1.165, 1.54) is 4.68 Å². The zero-order valence-corrected chi connectivity index (χ0v) is 12.1. The van der Waals surface area contributed by atoms with Gasteiger partial charge in [0, 0.05) is 29.9 Å². The van der Waals surface area contributed by atoms with Gasteiger partial charge in [-0.1, -0.05) is 13.8 Å².